The minimum Gasteiger partial charge on any atom is -0.457 e. The van der Waals surface area contributed by atoms with Crippen molar-refractivity contribution < 1.29 is 9.21 Å². The minimum absolute atomic E-state index is 0.0706. The van der Waals surface area contributed by atoms with Gasteiger partial charge in [0.05, 0.1) is 0 Å². The Balaban J connectivity index is 1.78. The van der Waals surface area contributed by atoms with Crippen molar-refractivity contribution in [1.29, 1.82) is 0 Å². The summed E-state index contributed by atoms with van der Waals surface area (Å²) in [5.41, 5.74) is 2.55. The van der Waals surface area contributed by atoms with Crippen LogP contribution in [0.1, 0.15) is 21.7 Å². The second-order valence-electron chi connectivity index (χ2n) is 5.42. The summed E-state index contributed by atoms with van der Waals surface area (Å²) in [5.74, 6) is 1.15. The molecule has 0 atom stereocenters. The molecule has 3 aromatic rings. The smallest absolute Gasteiger partial charge is 0.185 e. The standard InChI is InChI=1S/C20H14Cl2O2/c1-13-2-4-14(5-3-13)19(23)8-6-18-7-9-20(24-18)15-10-16(21)12-17(22)11-15/h2-12H,1H3/b8-6+. The van der Waals surface area contributed by atoms with Crippen molar-refractivity contribution in [1.82, 2.24) is 0 Å². The molecule has 2 nitrogen and oxygen atoms in total. The largest absolute Gasteiger partial charge is 0.457 e. The van der Waals surface area contributed by atoms with Crippen LogP contribution in [0, 0.1) is 6.92 Å². The molecule has 0 saturated heterocycles. The molecule has 1 aromatic heterocycles. The third-order valence-corrected chi connectivity index (χ3v) is 3.95. The molecule has 0 N–H and O–H groups in total. The normalized spacial score (nSPS) is 11.1. The van der Waals surface area contributed by atoms with Gasteiger partial charge in [0.25, 0.3) is 0 Å². The van der Waals surface area contributed by atoms with Crippen LogP contribution in [0.15, 0.2) is 65.1 Å². The molecule has 0 amide bonds. The highest BCUT2D eigenvalue weighted by Gasteiger charge is 2.06. The highest BCUT2D eigenvalue weighted by molar-refractivity contribution is 6.35. The molecule has 120 valence electrons. The van der Waals surface area contributed by atoms with Crippen molar-refractivity contribution in [3.63, 3.8) is 0 Å². The number of rotatable bonds is 4. The Kier molecular flexibility index (Phi) is 4.89. The molecular formula is C20H14Cl2O2. The number of aryl methyl sites for hydroxylation is 1. The number of carbonyl (C=O) groups excluding carboxylic acids is 1. The van der Waals surface area contributed by atoms with E-state index in [1.54, 1.807) is 30.3 Å². The maximum atomic E-state index is 12.1. The first-order chi connectivity index (χ1) is 11.5. The van der Waals surface area contributed by atoms with Gasteiger partial charge >= 0.3 is 0 Å². The van der Waals surface area contributed by atoms with E-state index in [0.29, 0.717) is 27.1 Å². The predicted octanol–water partition coefficient (Wildman–Crippen LogP) is 6.46. The van der Waals surface area contributed by atoms with Crippen LogP contribution in [-0.4, -0.2) is 5.78 Å². The van der Waals surface area contributed by atoms with Gasteiger partial charge in [0, 0.05) is 21.2 Å². The Morgan fingerprint density at radius 3 is 2.29 bits per heavy atom. The summed E-state index contributed by atoms with van der Waals surface area (Å²) < 4.78 is 5.73. The molecule has 0 fully saturated rings. The maximum absolute atomic E-state index is 12.1. The Morgan fingerprint density at radius 1 is 0.958 bits per heavy atom. The first-order valence-electron chi connectivity index (χ1n) is 7.37. The fraction of sp³-hybridized carbons (Fsp3) is 0.0500. The first kappa shape index (κ1) is 16.6. The Hall–Kier alpha value is -2.29. The number of hydrogen-bond acceptors (Lipinski definition) is 2. The monoisotopic (exact) mass is 356 g/mol. The first-order valence-corrected chi connectivity index (χ1v) is 8.12. The molecule has 0 unspecified atom stereocenters. The molecule has 2 aromatic carbocycles. The van der Waals surface area contributed by atoms with Crippen LogP contribution in [-0.2, 0) is 0 Å². The summed E-state index contributed by atoms with van der Waals surface area (Å²) in [6.07, 6.45) is 3.15. The molecule has 3 rings (SSSR count). The lowest BCUT2D eigenvalue weighted by Crippen LogP contribution is -1.93. The quantitative estimate of drug-likeness (QED) is 0.396. The number of hydrogen-bond donors (Lipinski definition) is 0. The van der Waals surface area contributed by atoms with Crippen LogP contribution < -0.4 is 0 Å². The summed E-state index contributed by atoms with van der Waals surface area (Å²) in [7, 11) is 0. The molecule has 0 radical (unpaired) electrons. The van der Waals surface area contributed by atoms with E-state index in [0.717, 1.165) is 11.1 Å². The fourth-order valence-electron chi connectivity index (χ4n) is 2.27. The highest BCUT2D eigenvalue weighted by Crippen LogP contribution is 2.28. The third-order valence-electron chi connectivity index (χ3n) is 3.51. The van der Waals surface area contributed by atoms with Crippen LogP contribution in [0.2, 0.25) is 10.0 Å². The summed E-state index contributed by atoms with van der Waals surface area (Å²) in [5, 5.41) is 1.08. The van der Waals surface area contributed by atoms with Crippen LogP contribution in [0.3, 0.4) is 0 Å². The van der Waals surface area contributed by atoms with Gasteiger partial charge in [-0.05, 0) is 49.4 Å². The van der Waals surface area contributed by atoms with Gasteiger partial charge in [0.1, 0.15) is 11.5 Å². The van der Waals surface area contributed by atoms with Crippen LogP contribution in [0.4, 0.5) is 0 Å². The van der Waals surface area contributed by atoms with E-state index in [-0.39, 0.29) is 5.78 Å². The predicted molar refractivity (Wildman–Crippen MR) is 98.7 cm³/mol. The molecule has 0 aliphatic heterocycles. The van der Waals surface area contributed by atoms with Crippen molar-refractivity contribution >= 4 is 35.1 Å². The molecule has 0 bridgehead atoms. The molecule has 0 saturated carbocycles. The fourth-order valence-corrected chi connectivity index (χ4v) is 2.79. The number of ketones is 1. The Morgan fingerprint density at radius 2 is 1.62 bits per heavy atom. The van der Waals surface area contributed by atoms with Gasteiger partial charge in [-0.2, -0.15) is 0 Å². The van der Waals surface area contributed by atoms with E-state index in [4.69, 9.17) is 27.6 Å². The summed E-state index contributed by atoms with van der Waals surface area (Å²) in [6.45, 7) is 1.98. The molecule has 0 aliphatic rings. The van der Waals surface area contributed by atoms with Crippen LogP contribution >= 0.6 is 23.2 Å². The number of halogens is 2. The van der Waals surface area contributed by atoms with Gasteiger partial charge in [0.2, 0.25) is 0 Å². The average molecular weight is 357 g/mol. The van der Waals surface area contributed by atoms with E-state index >= 15 is 0 Å². The molecular weight excluding hydrogens is 343 g/mol. The minimum atomic E-state index is -0.0706. The summed E-state index contributed by atoms with van der Waals surface area (Å²) >= 11 is 12.0. The molecule has 1 heterocycles. The molecule has 0 spiro atoms. The van der Waals surface area contributed by atoms with Gasteiger partial charge in [-0.15, -0.1) is 0 Å². The van der Waals surface area contributed by atoms with Gasteiger partial charge in [0.15, 0.2) is 5.78 Å². The second kappa shape index (κ2) is 7.08. The number of carbonyl (C=O) groups is 1. The van der Waals surface area contributed by atoms with Gasteiger partial charge in [-0.1, -0.05) is 53.0 Å². The second-order valence-corrected chi connectivity index (χ2v) is 6.30. The van der Waals surface area contributed by atoms with Gasteiger partial charge < -0.3 is 4.42 Å². The average Bonchev–Trinajstić information content (AvgIpc) is 3.01. The lowest BCUT2D eigenvalue weighted by Gasteiger charge is -1.99. The Labute approximate surface area is 150 Å². The van der Waals surface area contributed by atoms with E-state index in [1.165, 1.54) is 6.08 Å². The van der Waals surface area contributed by atoms with Crippen molar-refractivity contribution in [3.05, 3.63) is 87.6 Å². The SMILES string of the molecule is Cc1ccc(C(=O)/C=C/c2ccc(-c3cc(Cl)cc(Cl)c3)o2)cc1. The zero-order valence-corrected chi connectivity index (χ0v) is 14.4. The lowest BCUT2D eigenvalue weighted by atomic mass is 10.1. The van der Waals surface area contributed by atoms with E-state index < -0.39 is 0 Å². The summed E-state index contributed by atoms with van der Waals surface area (Å²) in [6, 6.07) is 16.3. The van der Waals surface area contributed by atoms with E-state index in [1.807, 2.05) is 37.3 Å². The maximum Gasteiger partial charge on any atom is 0.185 e. The molecule has 0 aliphatic carbocycles. The van der Waals surface area contributed by atoms with Crippen molar-refractivity contribution in [2.75, 3.05) is 0 Å². The topological polar surface area (TPSA) is 30.2 Å². The van der Waals surface area contributed by atoms with Crippen LogP contribution in [0.5, 0.6) is 0 Å². The van der Waals surface area contributed by atoms with E-state index in [2.05, 4.69) is 0 Å². The van der Waals surface area contributed by atoms with Crippen molar-refractivity contribution in [3.8, 4) is 11.3 Å². The van der Waals surface area contributed by atoms with Crippen LogP contribution in [0.25, 0.3) is 17.4 Å². The third kappa shape index (κ3) is 3.97. The van der Waals surface area contributed by atoms with Crippen molar-refractivity contribution in [2.45, 2.75) is 6.92 Å². The lowest BCUT2D eigenvalue weighted by molar-refractivity contribution is 0.104. The summed E-state index contributed by atoms with van der Waals surface area (Å²) in [4.78, 5) is 12.1. The Bertz CT molecular complexity index is 885. The molecule has 24 heavy (non-hydrogen) atoms. The van der Waals surface area contributed by atoms with E-state index in [9.17, 15) is 4.79 Å². The number of furan rings is 1. The highest BCUT2D eigenvalue weighted by atomic mass is 35.5. The zero-order chi connectivity index (χ0) is 17.1. The molecule has 4 heteroatoms. The van der Waals surface area contributed by atoms with Gasteiger partial charge in [-0.3, -0.25) is 4.79 Å². The number of benzene rings is 2. The van der Waals surface area contributed by atoms with Crippen molar-refractivity contribution in [2.24, 2.45) is 0 Å². The van der Waals surface area contributed by atoms with Gasteiger partial charge in [-0.25, -0.2) is 0 Å². The number of allylic oxidation sites excluding steroid dienone is 1. The zero-order valence-electron chi connectivity index (χ0n) is 12.9.